The lowest BCUT2D eigenvalue weighted by atomic mass is 10.2. The van der Waals surface area contributed by atoms with Gasteiger partial charge < -0.3 is 0 Å². The summed E-state index contributed by atoms with van der Waals surface area (Å²) in [6.45, 7) is 3.79. The maximum atomic E-state index is 4.00. The van der Waals surface area contributed by atoms with Gasteiger partial charge in [-0.05, 0) is 24.6 Å². The Hall–Kier alpha value is -1.64. The number of hydrogen-bond acceptors (Lipinski definition) is 2. The Morgan fingerprint density at radius 3 is 2.17 bits per heavy atom. The highest BCUT2D eigenvalue weighted by Gasteiger charge is 1.94. The van der Waals surface area contributed by atoms with Crippen LogP contribution in [0.2, 0.25) is 0 Å². The topological polar surface area (TPSA) is 30.7 Å². The fourth-order valence-corrected chi connectivity index (χ4v) is 0.978. The molecule has 0 bridgehead atoms. The molecule has 0 spiro atoms. The highest BCUT2D eigenvalue weighted by Crippen LogP contribution is 2.05. The summed E-state index contributed by atoms with van der Waals surface area (Å²) >= 11 is 0. The lowest BCUT2D eigenvalue weighted by Crippen LogP contribution is -1.97. The maximum Gasteiger partial charge on any atom is 0.0856 e. The third-order valence-corrected chi connectivity index (χ3v) is 1.59. The van der Waals surface area contributed by atoms with E-state index in [0.29, 0.717) is 0 Å². The van der Waals surface area contributed by atoms with Crippen LogP contribution in [-0.2, 0) is 0 Å². The molecule has 1 heterocycles. The van der Waals surface area contributed by atoms with E-state index in [0.717, 1.165) is 11.3 Å². The Kier molecular flexibility index (Phi) is 1.63. The van der Waals surface area contributed by atoms with Crippen LogP contribution in [0.4, 0.5) is 0 Å². The zero-order valence-electron chi connectivity index (χ0n) is 6.51. The second-order valence-corrected chi connectivity index (χ2v) is 2.48. The first-order valence-electron chi connectivity index (χ1n) is 3.65. The summed E-state index contributed by atoms with van der Waals surface area (Å²) in [7, 11) is 0. The zero-order chi connectivity index (χ0) is 8.39. The van der Waals surface area contributed by atoms with Crippen LogP contribution in [0.25, 0.3) is 5.69 Å². The average molecular weight is 158 g/mol. The van der Waals surface area contributed by atoms with E-state index in [1.165, 1.54) is 0 Å². The molecule has 2 aromatic rings. The molecule has 0 saturated carbocycles. The molecule has 0 unspecified atom stereocenters. The quantitative estimate of drug-likeness (QED) is 0.628. The molecule has 3 heteroatoms. The minimum atomic E-state index is 0.951. The molecule has 1 aromatic heterocycles. The van der Waals surface area contributed by atoms with Gasteiger partial charge in [0.1, 0.15) is 0 Å². The number of nitrogens with zero attached hydrogens (tertiary/aromatic N) is 3. The molecule has 0 amide bonds. The van der Waals surface area contributed by atoms with Crippen molar-refractivity contribution in [2.45, 2.75) is 0 Å². The van der Waals surface area contributed by atoms with Gasteiger partial charge in [-0.15, -0.1) is 0 Å². The maximum absolute atomic E-state index is 4.00. The van der Waals surface area contributed by atoms with E-state index in [-0.39, 0.29) is 0 Å². The highest BCUT2D eigenvalue weighted by molar-refractivity contribution is 5.33. The van der Waals surface area contributed by atoms with E-state index in [4.69, 9.17) is 0 Å². The minimum Gasteiger partial charge on any atom is -0.157 e. The van der Waals surface area contributed by atoms with E-state index in [1.807, 2.05) is 24.3 Å². The lowest BCUT2D eigenvalue weighted by molar-refractivity contribution is 0.752. The second kappa shape index (κ2) is 2.77. The van der Waals surface area contributed by atoms with Crippen molar-refractivity contribution >= 4 is 0 Å². The molecule has 0 saturated heterocycles. The largest absolute Gasteiger partial charge is 0.157 e. The third kappa shape index (κ3) is 1.21. The molecule has 2 rings (SSSR count). The van der Waals surface area contributed by atoms with Gasteiger partial charge in [0.25, 0.3) is 0 Å². The van der Waals surface area contributed by atoms with Crippen molar-refractivity contribution in [1.82, 2.24) is 15.0 Å². The molecule has 59 valence electrons. The molecule has 1 radical (unpaired) electrons. The molecule has 0 aliphatic carbocycles. The van der Waals surface area contributed by atoms with Gasteiger partial charge in [-0.1, -0.05) is 12.1 Å². The van der Waals surface area contributed by atoms with Crippen molar-refractivity contribution in [3.8, 4) is 5.69 Å². The fourth-order valence-electron chi connectivity index (χ4n) is 0.978. The number of rotatable bonds is 1. The SMILES string of the molecule is [CH2]c1ccc(-n2nccn2)cc1. The van der Waals surface area contributed by atoms with Crippen LogP contribution in [-0.4, -0.2) is 15.0 Å². The van der Waals surface area contributed by atoms with Gasteiger partial charge in [-0.3, -0.25) is 0 Å². The fraction of sp³-hybridized carbons (Fsp3) is 0. The number of benzene rings is 1. The molecule has 0 fully saturated rings. The van der Waals surface area contributed by atoms with Crippen molar-refractivity contribution in [1.29, 1.82) is 0 Å². The predicted molar refractivity (Wildman–Crippen MR) is 45.8 cm³/mol. The molecular formula is C9H8N3. The van der Waals surface area contributed by atoms with E-state index in [2.05, 4.69) is 17.1 Å². The van der Waals surface area contributed by atoms with Crippen molar-refractivity contribution in [3.63, 3.8) is 0 Å². The molecule has 3 nitrogen and oxygen atoms in total. The van der Waals surface area contributed by atoms with Crippen molar-refractivity contribution < 1.29 is 0 Å². The Labute approximate surface area is 70.6 Å². The van der Waals surface area contributed by atoms with Crippen molar-refractivity contribution in [2.24, 2.45) is 0 Å². The van der Waals surface area contributed by atoms with E-state index < -0.39 is 0 Å². The first-order chi connectivity index (χ1) is 5.86. The van der Waals surface area contributed by atoms with Crippen LogP contribution in [0.5, 0.6) is 0 Å². The summed E-state index contributed by atoms with van der Waals surface area (Å²) in [5.74, 6) is 0. The summed E-state index contributed by atoms with van der Waals surface area (Å²) in [5.41, 5.74) is 1.94. The van der Waals surface area contributed by atoms with Gasteiger partial charge >= 0.3 is 0 Å². The predicted octanol–water partition coefficient (Wildman–Crippen LogP) is 1.45. The van der Waals surface area contributed by atoms with Gasteiger partial charge in [0, 0.05) is 0 Å². The molecule has 12 heavy (non-hydrogen) atoms. The summed E-state index contributed by atoms with van der Waals surface area (Å²) < 4.78 is 0. The van der Waals surface area contributed by atoms with Crippen molar-refractivity contribution in [3.05, 3.63) is 49.1 Å². The van der Waals surface area contributed by atoms with Gasteiger partial charge in [0.15, 0.2) is 0 Å². The first-order valence-corrected chi connectivity index (χ1v) is 3.65. The zero-order valence-corrected chi connectivity index (χ0v) is 6.51. The lowest BCUT2D eigenvalue weighted by Gasteiger charge is -1.98. The normalized spacial score (nSPS) is 10.1. The van der Waals surface area contributed by atoms with E-state index in [9.17, 15) is 0 Å². The highest BCUT2D eigenvalue weighted by atomic mass is 15.5. The summed E-state index contributed by atoms with van der Waals surface area (Å²) in [6.07, 6.45) is 3.30. The van der Waals surface area contributed by atoms with Crippen LogP contribution in [0.1, 0.15) is 5.56 Å². The van der Waals surface area contributed by atoms with E-state index in [1.54, 1.807) is 17.2 Å². The molecular weight excluding hydrogens is 150 g/mol. The van der Waals surface area contributed by atoms with Crippen LogP contribution < -0.4 is 0 Å². The Morgan fingerprint density at radius 2 is 1.58 bits per heavy atom. The number of aromatic nitrogens is 3. The van der Waals surface area contributed by atoms with Gasteiger partial charge in [-0.2, -0.15) is 15.0 Å². The van der Waals surface area contributed by atoms with Crippen LogP contribution in [0.3, 0.4) is 0 Å². The van der Waals surface area contributed by atoms with Crippen LogP contribution >= 0.6 is 0 Å². The number of hydrogen-bond donors (Lipinski definition) is 0. The first kappa shape index (κ1) is 7.03. The average Bonchev–Trinajstić information content (AvgIpc) is 2.58. The van der Waals surface area contributed by atoms with Gasteiger partial charge in [0.2, 0.25) is 0 Å². The minimum absolute atomic E-state index is 0.951. The van der Waals surface area contributed by atoms with E-state index >= 15 is 0 Å². The third-order valence-electron chi connectivity index (χ3n) is 1.59. The molecule has 0 aliphatic rings. The summed E-state index contributed by atoms with van der Waals surface area (Å²) in [4.78, 5) is 1.57. The molecule has 0 atom stereocenters. The Balaban J connectivity index is 2.43. The summed E-state index contributed by atoms with van der Waals surface area (Å²) in [5, 5.41) is 8.00. The van der Waals surface area contributed by atoms with Gasteiger partial charge in [-0.25, -0.2) is 0 Å². The Bertz CT molecular complexity index is 348. The monoisotopic (exact) mass is 158 g/mol. The molecule has 0 aliphatic heterocycles. The van der Waals surface area contributed by atoms with Crippen LogP contribution in [0.15, 0.2) is 36.7 Å². The Morgan fingerprint density at radius 1 is 1.00 bits per heavy atom. The summed E-state index contributed by atoms with van der Waals surface area (Å²) in [6, 6.07) is 7.72. The second-order valence-electron chi connectivity index (χ2n) is 2.48. The molecule has 1 aromatic carbocycles. The standard InChI is InChI=1S/C9H8N3/c1-8-2-4-9(5-3-8)12-10-6-7-11-12/h2-7H,1H2. The smallest absolute Gasteiger partial charge is 0.0856 e. The molecule has 0 N–H and O–H groups in total. The van der Waals surface area contributed by atoms with Gasteiger partial charge in [0.05, 0.1) is 18.1 Å². The van der Waals surface area contributed by atoms with Crippen LogP contribution in [0, 0.1) is 6.92 Å². The van der Waals surface area contributed by atoms with Crippen molar-refractivity contribution in [2.75, 3.05) is 0 Å².